The van der Waals surface area contributed by atoms with Gasteiger partial charge < -0.3 is 20.3 Å². The van der Waals surface area contributed by atoms with Crippen molar-refractivity contribution in [3.8, 4) is 0 Å². The van der Waals surface area contributed by atoms with E-state index < -0.39 is 0 Å². The van der Waals surface area contributed by atoms with Crippen molar-refractivity contribution in [2.45, 2.75) is 51.9 Å². The Morgan fingerprint density at radius 1 is 1.10 bits per heavy atom. The second-order valence-corrected chi connectivity index (χ2v) is 8.24. The molecular weight excluding hydrogens is 388 g/mol. The molecule has 166 valence electrons. The highest BCUT2D eigenvalue weighted by molar-refractivity contribution is 5.89. The maximum Gasteiger partial charge on any atom is 0.338 e. The first-order valence-corrected chi connectivity index (χ1v) is 11.1. The summed E-state index contributed by atoms with van der Waals surface area (Å²) in [6.07, 6.45) is 2.23. The van der Waals surface area contributed by atoms with Gasteiger partial charge in [0.15, 0.2) is 5.96 Å². The van der Waals surface area contributed by atoms with Gasteiger partial charge in [0.05, 0.1) is 5.56 Å². The molecule has 0 aromatic heterocycles. The lowest BCUT2D eigenvalue weighted by atomic mass is 10.0. The zero-order valence-electron chi connectivity index (χ0n) is 18.8. The summed E-state index contributed by atoms with van der Waals surface area (Å²) < 4.78 is 5.44. The first kappa shape index (κ1) is 22.8. The Morgan fingerprint density at radius 3 is 2.48 bits per heavy atom. The van der Waals surface area contributed by atoms with Crippen molar-refractivity contribution in [2.24, 2.45) is 4.99 Å². The minimum atomic E-state index is -0.315. The van der Waals surface area contributed by atoms with Gasteiger partial charge in [-0.25, -0.2) is 4.79 Å². The number of likely N-dealkylation sites (tertiary alicyclic amines) is 1. The standard InChI is InChI=1S/C25H34N4O2/c1-19(2)29-14-12-23(13-15-29)28-25(26-3)27-17-21-10-7-11-22(16-21)24(30)31-18-20-8-5-4-6-9-20/h4-11,16,19,23H,12-15,17-18H2,1-3H3,(H2,26,27,28). The van der Waals surface area contributed by atoms with Crippen LogP contribution >= 0.6 is 0 Å². The van der Waals surface area contributed by atoms with Gasteiger partial charge in [-0.05, 0) is 49.9 Å². The van der Waals surface area contributed by atoms with Crippen molar-refractivity contribution in [3.63, 3.8) is 0 Å². The summed E-state index contributed by atoms with van der Waals surface area (Å²) in [6.45, 7) is 7.58. The molecule has 0 saturated carbocycles. The molecule has 0 spiro atoms. The van der Waals surface area contributed by atoms with E-state index in [2.05, 4.69) is 34.4 Å². The molecule has 1 heterocycles. The molecule has 0 bridgehead atoms. The minimum Gasteiger partial charge on any atom is -0.457 e. The summed E-state index contributed by atoms with van der Waals surface area (Å²) in [5.74, 6) is 0.477. The maximum atomic E-state index is 12.4. The van der Waals surface area contributed by atoms with Crippen LogP contribution < -0.4 is 10.6 Å². The van der Waals surface area contributed by atoms with E-state index in [9.17, 15) is 4.79 Å². The maximum absolute atomic E-state index is 12.4. The number of hydrogen-bond acceptors (Lipinski definition) is 4. The van der Waals surface area contributed by atoms with Gasteiger partial charge in [0.25, 0.3) is 0 Å². The van der Waals surface area contributed by atoms with E-state index in [0.29, 0.717) is 24.2 Å². The van der Waals surface area contributed by atoms with Gasteiger partial charge in [0.1, 0.15) is 6.61 Å². The third-order valence-electron chi connectivity index (χ3n) is 5.66. The van der Waals surface area contributed by atoms with Crippen LogP contribution in [0.3, 0.4) is 0 Å². The third-order valence-corrected chi connectivity index (χ3v) is 5.66. The second kappa shape index (κ2) is 11.5. The predicted molar refractivity (Wildman–Crippen MR) is 125 cm³/mol. The lowest BCUT2D eigenvalue weighted by molar-refractivity contribution is 0.0472. The lowest BCUT2D eigenvalue weighted by Crippen LogP contribution is -2.49. The largest absolute Gasteiger partial charge is 0.457 e. The number of ether oxygens (including phenoxy) is 1. The number of nitrogens with zero attached hydrogens (tertiary/aromatic N) is 2. The van der Waals surface area contributed by atoms with E-state index in [-0.39, 0.29) is 12.6 Å². The molecule has 1 aliphatic rings. The normalized spacial score (nSPS) is 15.7. The van der Waals surface area contributed by atoms with Crippen LogP contribution in [0.15, 0.2) is 59.6 Å². The number of carbonyl (C=O) groups is 1. The average molecular weight is 423 g/mol. The second-order valence-electron chi connectivity index (χ2n) is 8.24. The van der Waals surface area contributed by atoms with Crippen molar-refractivity contribution >= 4 is 11.9 Å². The molecule has 0 aliphatic carbocycles. The smallest absolute Gasteiger partial charge is 0.338 e. The number of esters is 1. The van der Waals surface area contributed by atoms with Gasteiger partial charge in [-0.2, -0.15) is 0 Å². The van der Waals surface area contributed by atoms with Crippen LogP contribution in [0.5, 0.6) is 0 Å². The zero-order chi connectivity index (χ0) is 22.1. The summed E-state index contributed by atoms with van der Waals surface area (Å²) in [7, 11) is 1.79. The average Bonchev–Trinajstić information content (AvgIpc) is 2.81. The fourth-order valence-electron chi connectivity index (χ4n) is 3.75. The van der Waals surface area contributed by atoms with Crippen LogP contribution in [0.1, 0.15) is 48.2 Å². The number of piperidine rings is 1. The van der Waals surface area contributed by atoms with Crippen molar-refractivity contribution in [1.29, 1.82) is 0 Å². The zero-order valence-corrected chi connectivity index (χ0v) is 18.8. The Morgan fingerprint density at radius 2 is 1.81 bits per heavy atom. The number of benzene rings is 2. The van der Waals surface area contributed by atoms with Gasteiger partial charge in [-0.15, -0.1) is 0 Å². The minimum absolute atomic E-state index is 0.272. The van der Waals surface area contributed by atoms with E-state index in [0.717, 1.165) is 43.0 Å². The van der Waals surface area contributed by atoms with Gasteiger partial charge in [-0.1, -0.05) is 42.5 Å². The fraction of sp³-hybridized carbons (Fsp3) is 0.440. The Bertz CT molecular complexity index is 859. The van der Waals surface area contributed by atoms with Crippen LogP contribution in [-0.2, 0) is 17.9 Å². The van der Waals surface area contributed by atoms with Gasteiger partial charge in [0, 0.05) is 38.8 Å². The van der Waals surface area contributed by atoms with Crippen molar-refractivity contribution in [1.82, 2.24) is 15.5 Å². The number of nitrogens with one attached hydrogen (secondary N) is 2. The van der Waals surface area contributed by atoms with E-state index in [1.165, 1.54) is 0 Å². The molecule has 0 amide bonds. The molecule has 6 nitrogen and oxygen atoms in total. The quantitative estimate of drug-likeness (QED) is 0.406. The number of guanidine groups is 1. The SMILES string of the molecule is CN=C(NCc1cccc(C(=O)OCc2ccccc2)c1)NC1CCN(C(C)C)CC1. The molecule has 31 heavy (non-hydrogen) atoms. The Balaban J connectivity index is 1.48. The highest BCUT2D eigenvalue weighted by atomic mass is 16.5. The highest BCUT2D eigenvalue weighted by Gasteiger charge is 2.21. The highest BCUT2D eigenvalue weighted by Crippen LogP contribution is 2.13. The van der Waals surface area contributed by atoms with E-state index in [1.54, 1.807) is 13.1 Å². The number of aliphatic imine (C=N–C) groups is 1. The number of hydrogen-bond donors (Lipinski definition) is 2. The summed E-state index contributed by atoms with van der Waals surface area (Å²) >= 11 is 0. The van der Waals surface area contributed by atoms with Crippen LogP contribution in [0.2, 0.25) is 0 Å². The summed E-state index contributed by atoms with van der Waals surface area (Å²) in [6, 6.07) is 18.3. The molecule has 2 N–H and O–H groups in total. The molecule has 0 radical (unpaired) electrons. The Hall–Kier alpha value is -2.86. The first-order chi connectivity index (χ1) is 15.0. The van der Waals surface area contributed by atoms with Gasteiger partial charge in [0.2, 0.25) is 0 Å². The molecule has 2 aromatic carbocycles. The fourth-order valence-corrected chi connectivity index (χ4v) is 3.75. The summed E-state index contributed by atoms with van der Waals surface area (Å²) in [5, 5.41) is 6.90. The predicted octanol–water partition coefficient (Wildman–Crippen LogP) is 3.58. The topological polar surface area (TPSA) is 66.0 Å². The molecule has 1 fully saturated rings. The van der Waals surface area contributed by atoms with Crippen LogP contribution in [0, 0.1) is 0 Å². The van der Waals surface area contributed by atoms with Crippen LogP contribution in [0.25, 0.3) is 0 Å². The molecule has 1 aliphatic heterocycles. The molecule has 3 rings (SSSR count). The van der Waals surface area contributed by atoms with E-state index in [4.69, 9.17) is 4.74 Å². The van der Waals surface area contributed by atoms with E-state index in [1.807, 2.05) is 48.5 Å². The third kappa shape index (κ3) is 7.10. The Labute approximate surface area is 185 Å². The molecule has 1 saturated heterocycles. The lowest BCUT2D eigenvalue weighted by Gasteiger charge is -2.35. The van der Waals surface area contributed by atoms with Crippen LogP contribution in [0.4, 0.5) is 0 Å². The number of carbonyl (C=O) groups excluding carboxylic acids is 1. The van der Waals surface area contributed by atoms with Crippen LogP contribution in [-0.4, -0.2) is 49.0 Å². The summed E-state index contributed by atoms with van der Waals surface area (Å²) in [5.41, 5.74) is 2.54. The van der Waals surface area contributed by atoms with Gasteiger partial charge in [-0.3, -0.25) is 4.99 Å². The molecule has 0 unspecified atom stereocenters. The van der Waals surface area contributed by atoms with Crippen molar-refractivity contribution in [3.05, 3.63) is 71.3 Å². The first-order valence-electron chi connectivity index (χ1n) is 11.1. The van der Waals surface area contributed by atoms with E-state index >= 15 is 0 Å². The molecule has 0 atom stereocenters. The molecule has 2 aromatic rings. The van der Waals surface area contributed by atoms with Crippen molar-refractivity contribution < 1.29 is 9.53 Å². The summed E-state index contributed by atoms with van der Waals surface area (Å²) in [4.78, 5) is 19.3. The Kier molecular flexibility index (Phi) is 8.47. The number of rotatable bonds is 7. The monoisotopic (exact) mass is 422 g/mol. The van der Waals surface area contributed by atoms with Crippen molar-refractivity contribution in [2.75, 3.05) is 20.1 Å². The molecular formula is C25H34N4O2. The molecule has 6 heteroatoms. The van der Waals surface area contributed by atoms with Gasteiger partial charge >= 0.3 is 5.97 Å².